The van der Waals surface area contributed by atoms with Crippen LogP contribution >= 0.6 is 0 Å². The fourth-order valence-corrected chi connectivity index (χ4v) is 3.33. The number of benzene rings is 1. The van der Waals surface area contributed by atoms with Gasteiger partial charge in [0.2, 0.25) is 0 Å². The van der Waals surface area contributed by atoms with Crippen molar-refractivity contribution in [3.8, 4) is 11.5 Å². The Morgan fingerprint density at radius 3 is 2.46 bits per heavy atom. The minimum atomic E-state index is -0.282. The molecule has 0 aliphatic carbocycles. The molecule has 5 heteroatoms. The zero-order valence-corrected chi connectivity index (χ0v) is 15.5. The Morgan fingerprint density at radius 1 is 1.08 bits per heavy atom. The third kappa shape index (κ3) is 5.44. The number of aromatic nitrogens is 1. The summed E-state index contributed by atoms with van der Waals surface area (Å²) in [5, 5.41) is 10.3. The van der Waals surface area contributed by atoms with Gasteiger partial charge in [-0.15, -0.1) is 0 Å². The van der Waals surface area contributed by atoms with Gasteiger partial charge < -0.3 is 14.6 Å². The van der Waals surface area contributed by atoms with Crippen LogP contribution in [0, 0.1) is 5.92 Å². The second-order valence-electron chi connectivity index (χ2n) is 7.13. The van der Waals surface area contributed by atoms with Crippen molar-refractivity contribution < 1.29 is 14.6 Å². The summed E-state index contributed by atoms with van der Waals surface area (Å²) in [4.78, 5) is 6.32. The van der Waals surface area contributed by atoms with E-state index in [0.717, 1.165) is 31.0 Å². The highest BCUT2D eigenvalue weighted by Gasteiger charge is 2.30. The average molecular weight is 356 g/mol. The van der Waals surface area contributed by atoms with Gasteiger partial charge in [0.1, 0.15) is 18.1 Å². The average Bonchev–Trinajstić information content (AvgIpc) is 2.96. The van der Waals surface area contributed by atoms with E-state index < -0.39 is 0 Å². The van der Waals surface area contributed by atoms with Crippen LogP contribution in [0.15, 0.2) is 48.8 Å². The molecule has 0 amide bonds. The van der Waals surface area contributed by atoms with E-state index >= 15 is 0 Å². The maximum atomic E-state index is 10.3. The molecule has 140 valence electrons. The molecule has 0 spiro atoms. The summed E-state index contributed by atoms with van der Waals surface area (Å²) < 4.78 is 11.5. The summed E-state index contributed by atoms with van der Waals surface area (Å²) in [6, 6.07) is 11.8. The van der Waals surface area contributed by atoms with Crippen LogP contribution in [-0.4, -0.2) is 53.4 Å². The van der Waals surface area contributed by atoms with E-state index in [-0.39, 0.29) is 18.1 Å². The molecule has 2 atom stereocenters. The molecular weight excluding hydrogens is 328 g/mol. The summed E-state index contributed by atoms with van der Waals surface area (Å²) in [5.74, 6) is 1.97. The van der Waals surface area contributed by atoms with Crippen molar-refractivity contribution in [2.45, 2.75) is 32.5 Å². The molecule has 0 saturated carbocycles. The maximum Gasteiger partial charge on any atom is 0.119 e. The number of aliphatic hydroxyl groups is 1. The Hall–Kier alpha value is -2.11. The smallest absolute Gasteiger partial charge is 0.119 e. The van der Waals surface area contributed by atoms with Gasteiger partial charge >= 0.3 is 0 Å². The van der Waals surface area contributed by atoms with Crippen molar-refractivity contribution in [1.82, 2.24) is 9.88 Å². The van der Waals surface area contributed by atoms with Crippen molar-refractivity contribution in [1.29, 1.82) is 0 Å². The van der Waals surface area contributed by atoms with Gasteiger partial charge in [-0.2, -0.15) is 0 Å². The molecule has 0 bridgehead atoms. The van der Waals surface area contributed by atoms with E-state index in [1.54, 1.807) is 12.4 Å². The SMILES string of the molecule is CC(C)Oc1ccc(OCCN2C[C@@H](Cc3ccncc3)[C@H](O)C2)cc1. The van der Waals surface area contributed by atoms with Crippen LogP contribution in [0.5, 0.6) is 11.5 Å². The van der Waals surface area contributed by atoms with E-state index in [0.29, 0.717) is 13.2 Å². The predicted molar refractivity (Wildman–Crippen MR) is 102 cm³/mol. The fourth-order valence-electron chi connectivity index (χ4n) is 3.33. The van der Waals surface area contributed by atoms with Gasteiger partial charge in [-0.1, -0.05) is 0 Å². The molecule has 1 aliphatic heterocycles. The van der Waals surface area contributed by atoms with Gasteiger partial charge in [0.05, 0.1) is 12.2 Å². The van der Waals surface area contributed by atoms with Crippen molar-refractivity contribution in [2.24, 2.45) is 5.92 Å². The molecule has 1 N–H and O–H groups in total. The van der Waals surface area contributed by atoms with Gasteiger partial charge in [-0.05, 0) is 62.2 Å². The van der Waals surface area contributed by atoms with Gasteiger partial charge in [0.25, 0.3) is 0 Å². The lowest BCUT2D eigenvalue weighted by Gasteiger charge is -2.16. The van der Waals surface area contributed by atoms with Gasteiger partial charge in [0, 0.05) is 37.9 Å². The number of nitrogens with zero attached hydrogens (tertiary/aromatic N) is 2. The van der Waals surface area contributed by atoms with Gasteiger partial charge in [-0.25, -0.2) is 0 Å². The Labute approximate surface area is 155 Å². The van der Waals surface area contributed by atoms with Gasteiger partial charge in [0.15, 0.2) is 0 Å². The molecule has 1 saturated heterocycles. The molecule has 2 aromatic rings. The largest absolute Gasteiger partial charge is 0.492 e. The first-order valence-corrected chi connectivity index (χ1v) is 9.29. The van der Waals surface area contributed by atoms with Crippen LogP contribution in [0.2, 0.25) is 0 Å². The minimum absolute atomic E-state index is 0.170. The Morgan fingerprint density at radius 2 is 1.77 bits per heavy atom. The summed E-state index contributed by atoms with van der Waals surface area (Å²) in [6.45, 7) is 7.05. The molecule has 1 aromatic heterocycles. The van der Waals surface area contributed by atoms with Crippen molar-refractivity contribution >= 4 is 0 Å². The van der Waals surface area contributed by atoms with Crippen molar-refractivity contribution in [3.63, 3.8) is 0 Å². The van der Waals surface area contributed by atoms with Crippen LogP contribution < -0.4 is 9.47 Å². The number of pyridine rings is 1. The zero-order chi connectivity index (χ0) is 18.4. The molecule has 0 radical (unpaired) electrons. The Kier molecular flexibility index (Phi) is 6.47. The van der Waals surface area contributed by atoms with Crippen LogP contribution in [-0.2, 0) is 6.42 Å². The second-order valence-corrected chi connectivity index (χ2v) is 7.13. The summed E-state index contributed by atoms with van der Waals surface area (Å²) in [7, 11) is 0. The summed E-state index contributed by atoms with van der Waals surface area (Å²) in [6.07, 6.45) is 4.39. The second kappa shape index (κ2) is 9.01. The zero-order valence-electron chi connectivity index (χ0n) is 15.5. The Balaban J connectivity index is 1.41. The molecule has 1 aliphatic rings. The quantitative estimate of drug-likeness (QED) is 0.788. The van der Waals surface area contributed by atoms with Crippen LogP contribution in [0.25, 0.3) is 0 Å². The number of β-amino-alcohol motifs (C(OH)–C–C–N with tert-alkyl or cyclic N) is 1. The highest BCUT2D eigenvalue weighted by molar-refractivity contribution is 5.31. The number of ether oxygens (including phenoxy) is 2. The number of hydrogen-bond acceptors (Lipinski definition) is 5. The first-order valence-electron chi connectivity index (χ1n) is 9.29. The topological polar surface area (TPSA) is 54.8 Å². The lowest BCUT2D eigenvalue weighted by Crippen LogP contribution is -2.27. The highest BCUT2D eigenvalue weighted by Crippen LogP contribution is 2.22. The molecule has 3 rings (SSSR count). The number of hydrogen-bond donors (Lipinski definition) is 1. The predicted octanol–water partition coefficient (Wildman–Crippen LogP) is 2.78. The molecular formula is C21H28N2O3. The first kappa shape index (κ1) is 18.7. The lowest BCUT2D eigenvalue weighted by atomic mass is 9.97. The third-order valence-corrected chi connectivity index (χ3v) is 4.60. The van der Waals surface area contributed by atoms with Crippen molar-refractivity contribution in [2.75, 3.05) is 26.2 Å². The van der Waals surface area contributed by atoms with Crippen LogP contribution in [0.3, 0.4) is 0 Å². The fraction of sp³-hybridized carbons (Fsp3) is 0.476. The van der Waals surface area contributed by atoms with E-state index in [9.17, 15) is 5.11 Å². The molecule has 1 fully saturated rings. The van der Waals surface area contributed by atoms with E-state index in [4.69, 9.17) is 9.47 Å². The molecule has 1 aromatic carbocycles. The van der Waals surface area contributed by atoms with E-state index in [1.807, 2.05) is 50.2 Å². The number of rotatable bonds is 8. The number of aliphatic hydroxyl groups excluding tert-OH is 1. The first-order chi connectivity index (χ1) is 12.6. The Bertz CT molecular complexity index is 661. The summed E-state index contributed by atoms with van der Waals surface area (Å²) >= 11 is 0. The third-order valence-electron chi connectivity index (χ3n) is 4.60. The molecule has 0 unspecified atom stereocenters. The molecule has 2 heterocycles. The maximum absolute atomic E-state index is 10.3. The van der Waals surface area contributed by atoms with E-state index in [1.165, 1.54) is 5.56 Å². The van der Waals surface area contributed by atoms with E-state index in [2.05, 4.69) is 9.88 Å². The van der Waals surface area contributed by atoms with Crippen LogP contribution in [0.1, 0.15) is 19.4 Å². The molecule has 26 heavy (non-hydrogen) atoms. The highest BCUT2D eigenvalue weighted by atomic mass is 16.5. The minimum Gasteiger partial charge on any atom is -0.492 e. The monoisotopic (exact) mass is 356 g/mol. The molecule has 5 nitrogen and oxygen atoms in total. The normalized spacial score (nSPS) is 20.5. The van der Waals surface area contributed by atoms with Crippen LogP contribution in [0.4, 0.5) is 0 Å². The standard InChI is InChI=1S/C21H28N2O3/c1-16(2)26-20-5-3-19(4-6-20)25-12-11-23-14-18(21(24)15-23)13-17-7-9-22-10-8-17/h3-10,16,18,21,24H,11-15H2,1-2H3/t18-,21-/m1/s1. The lowest BCUT2D eigenvalue weighted by molar-refractivity contribution is 0.139. The summed E-state index contributed by atoms with van der Waals surface area (Å²) in [5.41, 5.74) is 1.23. The van der Waals surface area contributed by atoms with Crippen molar-refractivity contribution in [3.05, 3.63) is 54.4 Å². The van der Waals surface area contributed by atoms with Gasteiger partial charge in [-0.3, -0.25) is 9.88 Å². The number of likely N-dealkylation sites (tertiary alicyclic amines) is 1.